The Kier molecular flexibility index (Phi) is 5.34. The number of aryl methyl sites for hydroxylation is 1. The highest BCUT2D eigenvalue weighted by Gasteiger charge is 2.30. The van der Waals surface area contributed by atoms with Crippen molar-refractivity contribution in [2.75, 3.05) is 6.61 Å². The number of aliphatic carboxylic acids is 1. The molecular weight excluding hydrogens is 416 g/mol. The third-order valence-corrected chi connectivity index (χ3v) is 6.28. The molecular formula is C27H24N2O4. The summed E-state index contributed by atoms with van der Waals surface area (Å²) in [6.45, 7) is 2.14. The number of rotatable bonds is 6. The summed E-state index contributed by atoms with van der Waals surface area (Å²) < 4.78 is 5.52. The average Bonchev–Trinajstić information content (AvgIpc) is 3.35. The highest BCUT2D eigenvalue weighted by molar-refractivity contribution is 5.86. The van der Waals surface area contributed by atoms with Gasteiger partial charge in [-0.25, -0.2) is 9.59 Å². The summed E-state index contributed by atoms with van der Waals surface area (Å²) in [6.07, 6.45) is 1.21. The van der Waals surface area contributed by atoms with Gasteiger partial charge in [0.05, 0.1) is 0 Å². The van der Waals surface area contributed by atoms with Gasteiger partial charge in [-0.2, -0.15) is 0 Å². The van der Waals surface area contributed by atoms with Gasteiger partial charge in [0.15, 0.2) is 0 Å². The molecule has 3 N–H and O–H groups in total. The second-order valence-electron chi connectivity index (χ2n) is 8.43. The molecule has 3 aromatic carbocycles. The SMILES string of the molecule is Cc1ccc2c(C[C@@H](NC(=O)OCC3c4ccccc4-c4ccccc43)C(=O)O)c[nH]c2c1. The molecule has 1 amide bonds. The number of hydrogen-bond donors (Lipinski definition) is 3. The maximum absolute atomic E-state index is 12.6. The summed E-state index contributed by atoms with van der Waals surface area (Å²) in [5.74, 6) is -1.19. The van der Waals surface area contributed by atoms with E-state index in [-0.39, 0.29) is 18.9 Å². The van der Waals surface area contributed by atoms with E-state index in [0.717, 1.165) is 44.3 Å². The lowest BCUT2D eigenvalue weighted by Gasteiger charge is -2.17. The van der Waals surface area contributed by atoms with Crippen molar-refractivity contribution in [3.63, 3.8) is 0 Å². The van der Waals surface area contributed by atoms with E-state index in [4.69, 9.17) is 4.74 Å². The number of aromatic nitrogens is 1. The van der Waals surface area contributed by atoms with E-state index in [1.54, 1.807) is 6.20 Å². The molecule has 0 bridgehead atoms. The van der Waals surface area contributed by atoms with Crippen molar-refractivity contribution in [1.29, 1.82) is 0 Å². The Balaban J connectivity index is 1.28. The molecule has 1 aliphatic rings. The van der Waals surface area contributed by atoms with Crippen LogP contribution in [-0.2, 0) is 16.0 Å². The fourth-order valence-corrected chi connectivity index (χ4v) is 4.67. The van der Waals surface area contributed by atoms with Crippen molar-refractivity contribution in [1.82, 2.24) is 10.3 Å². The minimum absolute atomic E-state index is 0.0803. The molecule has 0 spiro atoms. The molecule has 1 heterocycles. The number of alkyl carbamates (subject to hydrolysis) is 1. The molecule has 6 nitrogen and oxygen atoms in total. The van der Waals surface area contributed by atoms with E-state index in [9.17, 15) is 14.7 Å². The molecule has 1 aromatic heterocycles. The normalized spacial score (nSPS) is 13.4. The van der Waals surface area contributed by atoms with Crippen LogP contribution in [-0.4, -0.2) is 34.8 Å². The summed E-state index contributed by atoms with van der Waals surface area (Å²) in [5, 5.41) is 13.2. The van der Waals surface area contributed by atoms with E-state index in [1.807, 2.05) is 61.5 Å². The molecule has 33 heavy (non-hydrogen) atoms. The van der Waals surface area contributed by atoms with Gasteiger partial charge in [0.2, 0.25) is 0 Å². The van der Waals surface area contributed by atoms with Crippen LogP contribution in [0.5, 0.6) is 0 Å². The van der Waals surface area contributed by atoms with Crippen molar-refractivity contribution in [2.45, 2.75) is 25.3 Å². The van der Waals surface area contributed by atoms with E-state index in [2.05, 4.69) is 22.4 Å². The number of carboxylic acids is 1. The average molecular weight is 440 g/mol. The van der Waals surface area contributed by atoms with Gasteiger partial charge in [0, 0.05) is 29.4 Å². The zero-order valence-corrected chi connectivity index (χ0v) is 18.2. The number of amides is 1. The van der Waals surface area contributed by atoms with Crippen LogP contribution in [0.15, 0.2) is 72.9 Å². The number of benzene rings is 3. The summed E-state index contributed by atoms with van der Waals surface area (Å²) in [5.41, 5.74) is 7.38. The lowest BCUT2D eigenvalue weighted by Crippen LogP contribution is -2.42. The Hall–Kier alpha value is -4.06. The van der Waals surface area contributed by atoms with E-state index >= 15 is 0 Å². The van der Waals surface area contributed by atoms with Crippen LogP contribution >= 0.6 is 0 Å². The number of ether oxygens (including phenoxy) is 1. The molecule has 1 atom stereocenters. The zero-order valence-electron chi connectivity index (χ0n) is 18.2. The quantitative estimate of drug-likeness (QED) is 0.393. The van der Waals surface area contributed by atoms with Gasteiger partial charge in [-0.3, -0.25) is 0 Å². The minimum atomic E-state index is -1.11. The number of nitrogens with one attached hydrogen (secondary N) is 2. The first-order valence-corrected chi connectivity index (χ1v) is 10.9. The predicted octanol–water partition coefficient (Wildman–Crippen LogP) is 5.01. The van der Waals surface area contributed by atoms with Crippen molar-refractivity contribution < 1.29 is 19.4 Å². The van der Waals surface area contributed by atoms with Crippen LogP contribution in [0.25, 0.3) is 22.0 Å². The van der Waals surface area contributed by atoms with Crippen LogP contribution in [0.4, 0.5) is 4.79 Å². The zero-order chi connectivity index (χ0) is 22.9. The van der Waals surface area contributed by atoms with Crippen LogP contribution in [0.1, 0.15) is 28.2 Å². The van der Waals surface area contributed by atoms with Gasteiger partial charge in [0.1, 0.15) is 12.6 Å². The van der Waals surface area contributed by atoms with Crippen LogP contribution in [0, 0.1) is 6.92 Å². The van der Waals surface area contributed by atoms with E-state index in [1.165, 1.54) is 0 Å². The van der Waals surface area contributed by atoms with Crippen LogP contribution < -0.4 is 5.32 Å². The van der Waals surface area contributed by atoms with Crippen molar-refractivity contribution in [3.05, 3.63) is 95.2 Å². The number of hydrogen-bond acceptors (Lipinski definition) is 3. The molecule has 1 aliphatic carbocycles. The second-order valence-corrected chi connectivity index (χ2v) is 8.43. The number of H-pyrrole nitrogens is 1. The van der Waals surface area contributed by atoms with Crippen molar-refractivity contribution in [2.24, 2.45) is 0 Å². The standard InChI is InChI=1S/C27H24N2O4/c1-16-10-11-18-17(14-28-24(18)12-16)13-25(26(30)31)29-27(32)33-15-23-21-8-4-2-6-19(21)20-7-3-5-9-22(20)23/h2-12,14,23,25,28H,13,15H2,1H3,(H,29,32)(H,30,31)/t25-/m1/s1. The minimum Gasteiger partial charge on any atom is -0.480 e. The molecule has 0 unspecified atom stereocenters. The van der Waals surface area contributed by atoms with Gasteiger partial charge < -0.3 is 20.1 Å². The van der Waals surface area contributed by atoms with Gasteiger partial charge in [-0.1, -0.05) is 60.7 Å². The first kappa shape index (κ1) is 20.8. The molecule has 4 aromatic rings. The fraction of sp³-hybridized carbons (Fsp3) is 0.185. The van der Waals surface area contributed by atoms with Crippen molar-refractivity contribution in [3.8, 4) is 11.1 Å². The first-order chi connectivity index (χ1) is 16.0. The summed E-state index contributed by atoms with van der Waals surface area (Å²) in [6, 6.07) is 21.0. The monoisotopic (exact) mass is 440 g/mol. The largest absolute Gasteiger partial charge is 0.480 e. The van der Waals surface area contributed by atoms with Gasteiger partial charge in [-0.05, 0) is 46.4 Å². The maximum atomic E-state index is 12.6. The molecule has 0 fully saturated rings. The Bertz CT molecular complexity index is 1310. The number of aromatic amines is 1. The second kappa shape index (κ2) is 8.47. The number of fused-ring (bicyclic) bond motifs is 4. The highest BCUT2D eigenvalue weighted by atomic mass is 16.5. The highest BCUT2D eigenvalue weighted by Crippen LogP contribution is 2.44. The number of carbonyl (C=O) groups excluding carboxylic acids is 1. The Morgan fingerprint density at radius 1 is 1.03 bits per heavy atom. The Morgan fingerprint density at radius 3 is 2.36 bits per heavy atom. The lowest BCUT2D eigenvalue weighted by atomic mass is 9.98. The third kappa shape index (κ3) is 3.96. The van der Waals surface area contributed by atoms with Gasteiger partial charge in [-0.15, -0.1) is 0 Å². The summed E-state index contributed by atoms with van der Waals surface area (Å²) >= 11 is 0. The fourth-order valence-electron chi connectivity index (χ4n) is 4.67. The van der Waals surface area contributed by atoms with Crippen molar-refractivity contribution >= 4 is 23.0 Å². The molecule has 0 saturated carbocycles. The summed E-state index contributed by atoms with van der Waals surface area (Å²) in [4.78, 5) is 27.6. The molecule has 5 rings (SSSR count). The van der Waals surface area contributed by atoms with Crippen LogP contribution in [0.3, 0.4) is 0 Å². The molecule has 6 heteroatoms. The maximum Gasteiger partial charge on any atom is 0.407 e. The predicted molar refractivity (Wildman–Crippen MR) is 126 cm³/mol. The Labute approximate surface area is 191 Å². The molecule has 166 valence electrons. The van der Waals surface area contributed by atoms with Gasteiger partial charge >= 0.3 is 12.1 Å². The first-order valence-electron chi connectivity index (χ1n) is 10.9. The lowest BCUT2D eigenvalue weighted by molar-refractivity contribution is -0.139. The molecule has 0 saturated heterocycles. The smallest absolute Gasteiger partial charge is 0.407 e. The Morgan fingerprint density at radius 2 is 1.70 bits per heavy atom. The number of carbonyl (C=O) groups is 2. The number of carboxylic acid groups (broad SMARTS) is 1. The third-order valence-electron chi connectivity index (χ3n) is 6.28. The topological polar surface area (TPSA) is 91.4 Å². The molecule has 0 radical (unpaired) electrons. The van der Waals surface area contributed by atoms with E-state index in [0.29, 0.717) is 0 Å². The molecule has 0 aliphatic heterocycles. The van der Waals surface area contributed by atoms with E-state index < -0.39 is 18.1 Å². The summed E-state index contributed by atoms with van der Waals surface area (Å²) in [7, 11) is 0. The van der Waals surface area contributed by atoms with Crippen LogP contribution in [0.2, 0.25) is 0 Å². The van der Waals surface area contributed by atoms with Gasteiger partial charge in [0.25, 0.3) is 0 Å².